The molecule has 0 bridgehead atoms. The third-order valence-corrected chi connectivity index (χ3v) is 6.07. The lowest BCUT2D eigenvalue weighted by Crippen LogP contribution is -2.30. The SMILES string of the molecule is CCOc1cc(C2/C(=C(\O)c3cc(Cl)ccc3OC)C(=O)C(=O)N2c2cc(F)ccc2F)ccc1OC. The molecule has 0 radical (unpaired) electrons. The number of nitrogens with zero attached hydrogens (tertiary/aromatic N) is 1. The van der Waals surface area contributed by atoms with Gasteiger partial charge < -0.3 is 19.3 Å². The van der Waals surface area contributed by atoms with Crippen LogP contribution in [0.15, 0.2) is 60.2 Å². The number of benzene rings is 3. The van der Waals surface area contributed by atoms with Gasteiger partial charge in [-0.15, -0.1) is 0 Å². The molecular formula is C27H22ClF2NO6. The Morgan fingerprint density at radius 3 is 2.35 bits per heavy atom. The molecule has 4 rings (SSSR count). The molecule has 0 spiro atoms. The second-order valence-corrected chi connectivity index (χ2v) is 8.39. The fourth-order valence-corrected chi connectivity index (χ4v) is 4.38. The highest BCUT2D eigenvalue weighted by Crippen LogP contribution is 2.46. The van der Waals surface area contributed by atoms with E-state index in [0.717, 1.165) is 23.1 Å². The summed E-state index contributed by atoms with van der Waals surface area (Å²) in [5.41, 5.74) is -0.536. The lowest BCUT2D eigenvalue weighted by Gasteiger charge is -2.26. The first kappa shape index (κ1) is 26.0. The number of Topliss-reactive ketones (excluding diaryl/α,β-unsaturated/α-hetero) is 1. The van der Waals surface area contributed by atoms with Crippen LogP contribution in [0.25, 0.3) is 5.76 Å². The van der Waals surface area contributed by atoms with Crippen molar-refractivity contribution < 1.29 is 37.7 Å². The summed E-state index contributed by atoms with van der Waals surface area (Å²) >= 11 is 6.12. The predicted octanol–water partition coefficient (Wildman–Crippen LogP) is 5.66. The maximum absolute atomic E-state index is 14.9. The van der Waals surface area contributed by atoms with E-state index in [0.29, 0.717) is 5.75 Å². The van der Waals surface area contributed by atoms with Crippen LogP contribution in [-0.2, 0) is 9.59 Å². The van der Waals surface area contributed by atoms with Crippen LogP contribution < -0.4 is 19.1 Å². The molecule has 0 aliphatic carbocycles. The number of carbonyl (C=O) groups is 2. The third kappa shape index (κ3) is 4.70. The maximum atomic E-state index is 14.9. The Balaban J connectivity index is 2.04. The van der Waals surface area contributed by atoms with Crippen molar-refractivity contribution in [3.8, 4) is 17.2 Å². The second kappa shape index (κ2) is 10.5. The lowest BCUT2D eigenvalue weighted by molar-refractivity contribution is -0.132. The van der Waals surface area contributed by atoms with Crippen LogP contribution in [0.2, 0.25) is 5.02 Å². The topological polar surface area (TPSA) is 85.3 Å². The third-order valence-electron chi connectivity index (χ3n) is 5.83. The normalized spacial score (nSPS) is 16.7. The van der Waals surface area contributed by atoms with Crippen LogP contribution in [0, 0.1) is 11.6 Å². The number of halogens is 3. The van der Waals surface area contributed by atoms with E-state index >= 15 is 0 Å². The van der Waals surface area contributed by atoms with Crippen molar-refractivity contribution >= 4 is 34.7 Å². The lowest BCUT2D eigenvalue weighted by atomic mass is 9.94. The van der Waals surface area contributed by atoms with Gasteiger partial charge >= 0.3 is 0 Å². The van der Waals surface area contributed by atoms with Crippen molar-refractivity contribution in [3.05, 3.63) is 88.0 Å². The molecule has 37 heavy (non-hydrogen) atoms. The van der Waals surface area contributed by atoms with Crippen LogP contribution in [-0.4, -0.2) is 37.6 Å². The van der Waals surface area contributed by atoms with Crippen LogP contribution in [0.3, 0.4) is 0 Å². The highest BCUT2D eigenvalue weighted by Gasteiger charge is 2.48. The molecule has 3 aromatic rings. The summed E-state index contributed by atoms with van der Waals surface area (Å²) in [5.74, 6) is -3.80. The van der Waals surface area contributed by atoms with Crippen molar-refractivity contribution in [1.29, 1.82) is 0 Å². The Morgan fingerprint density at radius 2 is 1.68 bits per heavy atom. The Hall–Kier alpha value is -4.11. The van der Waals surface area contributed by atoms with Crippen molar-refractivity contribution in [1.82, 2.24) is 0 Å². The molecule has 1 atom stereocenters. The van der Waals surface area contributed by atoms with Crippen LogP contribution in [0.4, 0.5) is 14.5 Å². The van der Waals surface area contributed by atoms with Crippen LogP contribution >= 0.6 is 11.6 Å². The summed E-state index contributed by atoms with van der Waals surface area (Å²) in [4.78, 5) is 27.4. The number of rotatable bonds is 7. The van der Waals surface area contributed by atoms with E-state index in [1.165, 1.54) is 44.6 Å². The number of ether oxygens (including phenoxy) is 3. The van der Waals surface area contributed by atoms with Gasteiger partial charge in [0.25, 0.3) is 11.7 Å². The van der Waals surface area contributed by atoms with Crippen molar-refractivity contribution in [2.24, 2.45) is 0 Å². The highest BCUT2D eigenvalue weighted by molar-refractivity contribution is 6.51. The predicted molar refractivity (Wildman–Crippen MR) is 133 cm³/mol. The minimum absolute atomic E-state index is 0.0382. The van der Waals surface area contributed by atoms with Gasteiger partial charge in [-0.25, -0.2) is 8.78 Å². The van der Waals surface area contributed by atoms with Gasteiger partial charge in [0, 0.05) is 11.1 Å². The number of hydrogen-bond donors (Lipinski definition) is 1. The zero-order valence-electron chi connectivity index (χ0n) is 20.1. The minimum atomic E-state index is -1.36. The van der Waals surface area contributed by atoms with Crippen molar-refractivity contribution in [2.45, 2.75) is 13.0 Å². The Kier molecular flexibility index (Phi) is 7.35. The largest absolute Gasteiger partial charge is 0.507 e. The average Bonchev–Trinajstić information content (AvgIpc) is 3.15. The fraction of sp³-hybridized carbons (Fsp3) is 0.185. The van der Waals surface area contributed by atoms with Gasteiger partial charge in [-0.2, -0.15) is 0 Å². The Labute approximate surface area is 216 Å². The van der Waals surface area contributed by atoms with E-state index in [4.69, 9.17) is 25.8 Å². The summed E-state index contributed by atoms with van der Waals surface area (Å²) in [5, 5.41) is 11.6. The molecule has 1 fully saturated rings. The molecule has 1 heterocycles. The van der Waals surface area contributed by atoms with E-state index in [2.05, 4.69) is 0 Å². The zero-order valence-corrected chi connectivity index (χ0v) is 20.8. The van der Waals surface area contributed by atoms with Gasteiger partial charge in [-0.05, 0) is 55.0 Å². The van der Waals surface area contributed by atoms with Gasteiger partial charge in [-0.1, -0.05) is 17.7 Å². The molecule has 1 saturated heterocycles. The van der Waals surface area contributed by atoms with Gasteiger partial charge in [0.05, 0.1) is 43.7 Å². The second-order valence-electron chi connectivity index (χ2n) is 7.95. The molecule has 1 unspecified atom stereocenters. The monoisotopic (exact) mass is 529 g/mol. The smallest absolute Gasteiger partial charge is 0.300 e. The number of ketones is 1. The number of anilines is 1. The molecule has 0 saturated carbocycles. The zero-order chi connectivity index (χ0) is 26.9. The van der Waals surface area contributed by atoms with Crippen molar-refractivity contribution in [3.63, 3.8) is 0 Å². The van der Waals surface area contributed by atoms with Gasteiger partial charge in [-0.3, -0.25) is 14.5 Å². The van der Waals surface area contributed by atoms with Crippen molar-refractivity contribution in [2.75, 3.05) is 25.7 Å². The summed E-state index contributed by atoms with van der Waals surface area (Å²) in [6.07, 6.45) is 0. The first-order chi connectivity index (χ1) is 17.7. The van der Waals surface area contributed by atoms with E-state index in [1.54, 1.807) is 13.0 Å². The standard InChI is InChI=1S/C27H22ClF2NO6/c1-4-37-22-11-14(5-9-21(22)36-3)24-23(25(32)17-12-15(28)6-10-20(17)35-2)26(33)27(34)31(24)19-13-16(29)7-8-18(19)30/h5-13,24,32H,4H2,1-3H3/b25-23+. The van der Waals surface area contributed by atoms with E-state index in [1.807, 2.05) is 0 Å². The maximum Gasteiger partial charge on any atom is 0.300 e. The number of carbonyl (C=O) groups excluding carboxylic acids is 2. The van der Waals surface area contributed by atoms with E-state index < -0.39 is 40.8 Å². The van der Waals surface area contributed by atoms with E-state index in [9.17, 15) is 23.5 Å². The molecule has 1 N–H and O–H groups in total. The molecule has 1 aliphatic rings. The number of hydrogen-bond acceptors (Lipinski definition) is 6. The highest BCUT2D eigenvalue weighted by atomic mass is 35.5. The van der Waals surface area contributed by atoms with E-state index in [-0.39, 0.29) is 39.8 Å². The molecular weight excluding hydrogens is 508 g/mol. The molecule has 7 nitrogen and oxygen atoms in total. The van der Waals surface area contributed by atoms with Gasteiger partial charge in [0.15, 0.2) is 11.5 Å². The van der Waals surface area contributed by atoms with Gasteiger partial charge in [0.2, 0.25) is 0 Å². The number of amides is 1. The summed E-state index contributed by atoms with van der Waals surface area (Å²) in [6.45, 7) is 2.03. The van der Waals surface area contributed by atoms with Gasteiger partial charge in [0.1, 0.15) is 23.1 Å². The summed E-state index contributed by atoms with van der Waals surface area (Å²) in [6, 6.07) is 10.1. The number of aliphatic hydroxyl groups is 1. The van der Waals surface area contributed by atoms with Crippen LogP contribution in [0.1, 0.15) is 24.1 Å². The fourth-order valence-electron chi connectivity index (χ4n) is 4.21. The molecule has 1 aliphatic heterocycles. The first-order valence-corrected chi connectivity index (χ1v) is 11.5. The average molecular weight is 530 g/mol. The molecule has 10 heteroatoms. The molecule has 192 valence electrons. The number of aliphatic hydroxyl groups excluding tert-OH is 1. The Morgan fingerprint density at radius 1 is 0.973 bits per heavy atom. The summed E-state index contributed by atoms with van der Waals surface area (Å²) in [7, 11) is 2.80. The summed E-state index contributed by atoms with van der Waals surface area (Å²) < 4.78 is 45.3. The molecule has 1 amide bonds. The molecule has 3 aromatic carbocycles. The Bertz CT molecular complexity index is 1420. The minimum Gasteiger partial charge on any atom is -0.507 e. The molecule has 0 aromatic heterocycles. The first-order valence-electron chi connectivity index (χ1n) is 11.1. The number of methoxy groups -OCH3 is 2. The van der Waals surface area contributed by atoms with Crippen LogP contribution in [0.5, 0.6) is 17.2 Å². The quantitative estimate of drug-likeness (QED) is 0.241.